The van der Waals surface area contributed by atoms with Crippen molar-refractivity contribution in [3.05, 3.63) is 64.2 Å². The summed E-state index contributed by atoms with van der Waals surface area (Å²) in [5, 5.41) is 11.5. The minimum Gasteiger partial charge on any atom is -0.340 e. The second-order valence-electron chi connectivity index (χ2n) is 10.2. The number of aryl methyl sites for hydroxylation is 1. The molecule has 0 unspecified atom stereocenters. The molecule has 1 aliphatic carbocycles. The second-order valence-corrected chi connectivity index (χ2v) is 10.2. The molecule has 2 aromatic carbocycles. The Balaban J connectivity index is 1.73. The Labute approximate surface area is 168 Å². The van der Waals surface area contributed by atoms with Crippen LogP contribution in [0, 0.1) is 6.92 Å². The third-order valence-electron chi connectivity index (χ3n) is 5.69. The highest BCUT2D eigenvalue weighted by molar-refractivity contribution is 5.80. The highest BCUT2D eigenvalue weighted by atomic mass is 15.2. The fourth-order valence-electron chi connectivity index (χ4n) is 3.83. The lowest BCUT2D eigenvalue weighted by Gasteiger charge is -2.26. The lowest BCUT2D eigenvalue weighted by molar-refractivity contribution is 0.569. The zero-order valence-corrected chi connectivity index (χ0v) is 18.1. The summed E-state index contributed by atoms with van der Waals surface area (Å²) >= 11 is 0. The van der Waals surface area contributed by atoms with Gasteiger partial charge in [-0.05, 0) is 52.6 Å². The number of aromatic amines is 1. The van der Waals surface area contributed by atoms with E-state index in [-0.39, 0.29) is 10.8 Å². The normalized spacial score (nSPS) is 13.4. The molecule has 1 aromatic heterocycles. The van der Waals surface area contributed by atoms with Crippen LogP contribution in [-0.2, 0) is 17.3 Å². The number of hydrogen-bond acceptors (Lipinski definition) is 2. The summed E-state index contributed by atoms with van der Waals surface area (Å²) in [6.45, 7) is 15.8. The Morgan fingerprint density at radius 3 is 2.14 bits per heavy atom. The number of rotatable bonds is 2. The standard InChI is InChI=1S/C25H31N3/c1-15-8-9-16-11-21-22(20(16)10-15)27-28-23(21)26-19-13-17(24(2,3)4)12-18(14-19)25(5,6)7/h8-10,12-14H,11H2,1-7H3,(H2,26,27,28). The molecule has 3 nitrogen and oxygen atoms in total. The highest BCUT2D eigenvalue weighted by Crippen LogP contribution is 2.40. The molecule has 0 spiro atoms. The number of nitrogens with one attached hydrogen (secondary N) is 2. The van der Waals surface area contributed by atoms with Crippen LogP contribution in [0.5, 0.6) is 0 Å². The second kappa shape index (κ2) is 6.23. The van der Waals surface area contributed by atoms with Crippen molar-refractivity contribution in [3.63, 3.8) is 0 Å². The Morgan fingerprint density at radius 1 is 0.893 bits per heavy atom. The first-order valence-corrected chi connectivity index (χ1v) is 10.1. The molecule has 0 aliphatic heterocycles. The molecule has 0 bridgehead atoms. The molecule has 0 saturated heterocycles. The zero-order valence-electron chi connectivity index (χ0n) is 18.1. The molecule has 3 aromatic rings. The van der Waals surface area contributed by atoms with Crippen molar-refractivity contribution in [2.75, 3.05) is 5.32 Å². The van der Waals surface area contributed by atoms with Crippen LogP contribution in [0.15, 0.2) is 36.4 Å². The number of benzene rings is 2. The average Bonchev–Trinajstić information content (AvgIpc) is 3.13. The summed E-state index contributed by atoms with van der Waals surface area (Å²) < 4.78 is 0. The minimum absolute atomic E-state index is 0.0986. The van der Waals surface area contributed by atoms with Gasteiger partial charge in [-0.3, -0.25) is 5.10 Å². The Hall–Kier alpha value is -2.55. The molecule has 146 valence electrons. The number of nitrogens with zero attached hydrogens (tertiary/aromatic N) is 1. The van der Waals surface area contributed by atoms with Crippen molar-refractivity contribution in [1.82, 2.24) is 10.2 Å². The smallest absolute Gasteiger partial charge is 0.130 e. The Bertz CT molecular complexity index is 1010. The van der Waals surface area contributed by atoms with E-state index in [4.69, 9.17) is 0 Å². The van der Waals surface area contributed by atoms with Gasteiger partial charge in [0, 0.05) is 23.2 Å². The molecule has 0 fully saturated rings. The fourth-order valence-corrected chi connectivity index (χ4v) is 3.83. The summed E-state index contributed by atoms with van der Waals surface area (Å²) in [7, 11) is 0. The van der Waals surface area contributed by atoms with E-state index in [0.29, 0.717) is 0 Å². The van der Waals surface area contributed by atoms with Crippen LogP contribution in [0.2, 0.25) is 0 Å². The van der Waals surface area contributed by atoms with E-state index in [1.807, 2.05) is 0 Å². The van der Waals surface area contributed by atoms with Crippen molar-refractivity contribution in [3.8, 4) is 11.3 Å². The molecule has 1 heterocycles. The van der Waals surface area contributed by atoms with Gasteiger partial charge < -0.3 is 5.32 Å². The molecule has 0 amide bonds. The van der Waals surface area contributed by atoms with Crippen molar-refractivity contribution in [1.29, 1.82) is 0 Å². The van der Waals surface area contributed by atoms with Gasteiger partial charge in [-0.25, -0.2) is 0 Å². The van der Waals surface area contributed by atoms with Crippen LogP contribution >= 0.6 is 0 Å². The third-order valence-corrected chi connectivity index (χ3v) is 5.69. The molecule has 4 rings (SSSR count). The molecule has 1 aliphatic rings. The summed E-state index contributed by atoms with van der Waals surface area (Å²) in [4.78, 5) is 0. The van der Waals surface area contributed by atoms with Gasteiger partial charge in [0.05, 0.1) is 5.69 Å². The molecule has 2 N–H and O–H groups in total. The monoisotopic (exact) mass is 373 g/mol. The predicted molar refractivity (Wildman–Crippen MR) is 119 cm³/mol. The number of H-pyrrole nitrogens is 1. The highest BCUT2D eigenvalue weighted by Gasteiger charge is 2.26. The van der Waals surface area contributed by atoms with Gasteiger partial charge in [-0.15, -0.1) is 0 Å². The van der Waals surface area contributed by atoms with Crippen LogP contribution < -0.4 is 5.32 Å². The summed E-state index contributed by atoms with van der Waals surface area (Å²) in [5.74, 6) is 1.01. The van der Waals surface area contributed by atoms with Gasteiger partial charge in [0.15, 0.2) is 0 Å². The zero-order chi connectivity index (χ0) is 20.3. The van der Waals surface area contributed by atoms with Crippen molar-refractivity contribution in [2.24, 2.45) is 0 Å². The van der Waals surface area contributed by atoms with Crippen LogP contribution in [0.1, 0.15) is 69.4 Å². The predicted octanol–water partition coefficient (Wildman–Crippen LogP) is 6.63. The Morgan fingerprint density at radius 2 is 1.54 bits per heavy atom. The van der Waals surface area contributed by atoms with Gasteiger partial charge in [-0.2, -0.15) is 5.10 Å². The Kier molecular flexibility index (Phi) is 4.18. The number of aromatic nitrogens is 2. The first-order valence-electron chi connectivity index (χ1n) is 10.1. The summed E-state index contributed by atoms with van der Waals surface area (Å²) in [5.41, 5.74) is 10.3. The van der Waals surface area contributed by atoms with Gasteiger partial charge in [-0.1, -0.05) is 65.3 Å². The van der Waals surface area contributed by atoms with Crippen LogP contribution in [0.4, 0.5) is 11.5 Å². The first kappa shape index (κ1) is 18.8. The fraction of sp³-hybridized carbons (Fsp3) is 0.400. The third kappa shape index (κ3) is 3.34. The van der Waals surface area contributed by atoms with Crippen LogP contribution in [0.3, 0.4) is 0 Å². The average molecular weight is 374 g/mol. The SMILES string of the molecule is Cc1ccc2c(c1)-c1n[nH]c(Nc3cc(C(C)(C)C)cc(C(C)(C)C)c3)c1C2. The topological polar surface area (TPSA) is 40.7 Å². The summed E-state index contributed by atoms with van der Waals surface area (Å²) in [6.07, 6.45) is 0.925. The quantitative estimate of drug-likeness (QED) is 0.414. The maximum absolute atomic E-state index is 4.63. The summed E-state index contributed by atoms with van der Waals surface area (Å²) in [6, 6.07) is 13.5. The van der Waals surface area contributed by atoms with E-state index >= 15 is 0 Å². The van der Waals surface area contributed by atoms with E-state index in [2.05, 4.69) is 100 Å². The van der Waals surface area contributed by atoms with Gasteiger partial charge in [0.25, 0.3) is 0 Å². The van der Waals surface area contributed by atoms with Gasteiger partial charge >= 0.3 is 0 Å². The van der Waals surface area contributed by atoms with Crippen molar-refractivity contribution >= 4 is 11.5 Å². The van der Waals surface area contributed by atoms with E-state index in [1.165, 1.54) is 33.4 Å². The number of fused-ring (bicyclic) bond motifs is 3. The van der Waals surface area contributed by atoms with Gasteiger partial charge in [0.1, 0.15) is 5.82 Å². The van der Waals surface area contributed by atoms with Crippen LogP contribution in [0.25, 0.3) is 11.3 Å². The van der Waals surface area contributed by atoms with E-state index < -0.39 is 0 Å². The maximum Gasteiger partial charge on any atom is 0.130 e. The molecular weight excluding hydrogens is 342 g/mol. The van der Waals surface area contributed by atoms with E-state index in [0.717, 1.165) is 23.6 Å². The molecule has 28 heavy (non-hydrogen) atoms. The van der Waals surface area contributed by atoms with Crippen LogP contribution in [-0.4, -0.2) is 10.2 Å². The molecule has 0 saturated carbocycles. The lowest BCUT2D eigenvalue weighted by atomic mass is 9.80. The molecule has 0 radical (unpaired) electrons. The van der Waals surface area contributed by atoms with Crippen molar-refractivity contribution in [2.45, 2.75) is 65.7 Å². The molecule has 0 atom stereocenters. The van der Waals surface area contributed by atoms with Crippen molar-refractivity contribution < 1.29 is 0 Å². The van der Waals surface area contributed by atoms with E-state index in [1.54, 1.807) is 0 Å². The first-order chi connectivity index (χ1) is 13.0. The minimum atomic E-state index is 0.0986. The lowest BCUT2D eigenvalue weighted by Crippen LogP contribution is -2.17. The number of anilines is 2. The maximum atomic E-state index is 4.63. The molecule has 3 heteroatoms. The number of hydrogen-bond donors (Lipinski definition) is 2. The van der Waals surface area contributed by atoms with E-state index in [9.17, 15) is 0 Å². The van der Waals surface area contributed by atoms with Gasteiger partial charge in [0.2, 0.25) is 0 Å². The molecular formula is C25H31N3. The largest absolute Gasteiger partial charge is 0.340 e.